The Kier molecular flexibility index (Phi) is 6.68. The van der Waals surface area contributed by atoms with Crippen molar-refractivity contribution in [2.24, 2.45) is 7.05 Å². The molecule has 0 spiro atoms. The maximum Gasteiger partial charge on any atom is 0.338 e. The van der Waals surface area contributed by atoms with Gasteiger partial charge in [0.25, 0.3) is 0 Å². The Morgan fingerprint density at radius 1 is 0.875 bits per heavy atom. The lowest BCUT2D eigenvalue weighted by Crippen LogP contribution is -2.06. The molecule has 6 aromatic rings. The Bertz CT molecular complexity index is 1860. The van der Waals surface area contributed by atoms with E-state index in [4.69, 9.17) is 14.7 Å². The molecule has 0 saturated carbocycles. The number of hydrogen-bond acceptors (Lipinski definition) is 4. The number of carbonyl (C=O) groups excluding carboxylic acids is 1. The number of esters is 1. The normalized spacial score (nSPS) is 11.4. The average Bonchev–Trinajstić information content (AvgIpc) is 3.50. The molecule has 0 radical (unpaired) electrons. The third kappa shape index (κ3) is 4.45. The number of para-hydroxylation sites is 2. The fraction of sp³-hybridized carbons (Fsp3) is 0.206. The summed E-state index contributed by atoms with van der Waals surface area (Å²) in [4.78, 5) is 22.3. The molecule has 0 aliphatic carbocycles. The monoisotopic (exact) mass is 528 g/mol. The number of carbonyl (C=O) groups is 1. The summed E-state index contributed by atoms with van der Waals surface area (Å²) in [6.45, 7) is 5.07. The Labute approximate surface area is 233 Å². The maximum atomic E-state index is 12.3. The summed E-state index contributed by atoms with van der Waals surface area (Å²) in [6, 6.07) is 28.6. The van der Waals surface area contributed by atoms with E-state index in [1.54, 1.807) is 6.07 Å². The van der Waals surface area contributed by atoms with E-state index in [1.165, 1.54) is 18.2 Å². The minimum Gasteiger partial charge on any atom is -0.465 e. The maximum absolute atomic E-state index is 12.3. The van der Waals surface area contributed by atoms with E-state index in [-0.39, 0.29) is 5.97 Å². The van der Waals surface area contributed by atoms with Gasteiger partial charge in [-0.05, 0) is 65.9 Å². The molecule has 6 nitrogen and oxygen atoms in total. The standard InChI is InChI=1S/C34H32N4O2/c1-5-10-31-35-29-20-25(33-36-28-13-8-9-14-30(28)37(33)3)19-22(2)32(29)38(31)21-23-15-17-24(18-16-23)26-11-6-7-12-27(26)34(39)40-4/h6-9,11-20H,5,10,21H2,1-4H3. The summed E-state index contributed by atoms with van der Waals surface area (Å²) in [7, 11) is 3.48. The number of methoxy groups -OCH3 is 1. The van der Waals surface area contributed by atoms with Gasteiger partial charge in [0.05, 0.1) is 34.7 Å². The molecule has 0 atom stereocenters. The minimum absolute atomic E-state index is 0.331. The van der Waals surface area contributed by atoms with E-state index in [0.717, 1.165) is 69.8 Å². The van der Waals surface area contributed by atoms with Crippen LogP contribution in [0.3, 0.4) is 0 Å². The van der Waals surface area contributed by atoms with Crippen molar-refractivity contribution in [1.82, 2.24) is 19.1 Å². The van der Waals surface area contributed by atoms with Gasteiger partial charge in [-0.1, -0.05) is 61.5 Å². The van der Waals surface area contributed by atoms with Crippen LogP contribution in [0.4, 0.5) is 0 Å². The molecule has 0 fully saturated rings. The number of benzene rings is 4. The number of ether oxygens (including phenoxy) is 1. The summed E-state index contributed by atoms with van der Waals surface area (Å²) < 4.78 is 9.49. The Balaban J connectivity index is 1.38. The van der Waals surface area contributed by atoms with Gasteiger partial charge in [0.2, 0.25) is 0 Å². The first-order valence-corrected chi connectivity index (χ1v) is 13.7. The van der Waals surface area contributed by atoms with Crippen LogP contribution in [0.25, 0.3) is 44.6 Å². The van der Waals surface area contributed by atoms with E-state index in [0.29, 0.717) is 5.56 Å². The van der Waals surface area contributed by atoms with Gasteiger partial charge in [-0.25, -0.2) is 14.8 Å². The van der Waals surface area contributed by atoms with Crippen LogP contribution in [0.5, 0.6) is 0 Å². The molecule has 6 heteroatoms. The first kappa shape index (κ1) is 25.6. The zero-order valence-electron chi connectivity index (χ0n) is 23.3. The first-order chi connectivity index (χ1) is 19.5. The second kappa shape index (κ2) is 10.5. The number of nitrogens with zero attached hydrogens (tertiary/aromatic N) is 4. The lowest BCUT2D eigenvalue weighted by atomic mass is 9.98. The highest BCUT2D eigenvalue weighted by Crippen LogP contribution is 2.31. The van der Waals surface area contributed by atoms with Crippen molar-refractivity contribution in [1.29, 1.82) is 0 Å². The van der Waals surface area contributed by atoms with Gasteiger partial charge in [0, 0.05) is 25.6 Å². The molecular weight excluding hydrogens is 496 g/mol. The number of fused-ring (bicyclic) bond motifs is 2. The molecule has 0 saturated heterocycles. The molecule has 200 valence electrons. The Morgan fingerprint density at radius 2 is 1.62 bits per heavy atom. The summed E-state index contributed by atoms with van der Waals surface area (Å²) in [5.41, 5.74) is 10.1. The molecule has 40 heavy (non-hydrogen) atoms. The Hall–Kier alpha value is -4.71. The number of hydrogen-bond donors (Lipinski definition) is 0. The molecule has 0 amide bonds. The van der Waals surface area contributed by atoms with E-state index in [9.17, 15) is 4.79 Å². The highest BCUT2D eigenvalue weighted by Gasteiger charge is 2.18. The van der Waals surface area contributed by atoms with Crippen LogP contribution >= 0.6 is 0 Å². The average molecular weight is 529 g/mol. The van der Waals surface area contributed by atoms with Crippen LogP contribution in [-0.4, -0.2) is 32.2 Å². The van der Waals surface area contributed by atoms with Crippen molar-refractivity contribution < 1.29 is 9.53 Å². The fourth-order valence-corrected chi connectivity index (χ4v) is 5.64. The van der Waals surface area contributed by atoms with Gasteiger partial charge in [-0.15, -0.1) is 0 Å². The van der Waals surface area contributed by atoms with Crippen LogP contribution in [0.1, 0.15) is 40.7 Å². The van der Waals surface area contributed by atoms with Crippen molar-refractivity contribution in [3.8, 4) is 22.5 Å². The van der Waals surface area contributed by atoms with Crippen molar-refractivity contribution in [2.45, 2.75) is 33.2 Å². The summed E-state index contributed by atoms with van der Waals surface area (Å²) >= 11 is 0. The van der Waals surface area contributed by atoms with Crippen molar-refractivity contribution >= 4 is 28.0 Å². The zero-order chi connectivity index (χ0) is 27.8. The predicted octanol–water partition coefficient (Wildman–Crippen LogP) is 7.35. The molecular formula is C34H32N4O2. The smallest absolute Gasteiger partial charge is 0.338 e. The quantitative estimate of drug-likeness (QED) is 0.203. The molecule has 0 aliphatic heterocycles. The number of imidazole rings is 2. The second-order valence-electron chi connectivity index (χ2n) is 10.2. The highest BCUT2D eigenvalue weighted by molar-refractivity contribution is 5.97. The van der Waals surface area contributed by atoms with Gasteiger partial charge in [-0.2, -0.15) is 0 Å². The predicted molar refractivity (Wildman–Crippen MR) is 160 cm³/mol. The number of aryl methyl sites for hydroxylation is 3. The second-order valence-corrected chi connectivity index (χ2v) is 10.2. The molecule has 0 N–H and O–H groups in total. The summed E-state index contributed by atoms with van der Waals surface area (Å²) in [5.74, 6) is 1.70. The largest absolute Gasteiger partial charge is 0.465 e. The van der Waals surface area contributed by atoms with Crippen LogP contribution in [0.15, 0.2) is 84.9 Å². The SMILES string of the molecule is CCCc1nc2cc(-c3nc4ccccc4n3C)cc(C)c2n1Cc1ccc(-c2ccccc2C(=O)OC)cc1. The highest BCUT2D eigenvalue weighted by atomic mass is 16.5. The molecule has 0 unspecified atom stereocenters. The lowest BCUT2D eigenvalue weighted by Gasteiger charge is -2.13. The zero-order valence-corrected chi connectivity index (χ0v) is 23.3. The van der Waals surface area contributed by atoms with Crippen LogP contribution in [0, 0.1) is 6.92 Å². The molecule has 2 heterocycles. The minimum atomic E-state index is -0.331. The van der Waals surface area contributed by atoms with Crippen LogP contribution < -0.4 is 0 Å². The fourth-order valence-electron chi connectivity index (χ4n) is 5.64. The number of rotatable bonds is 7. The van der Waals surface area contributed by atoms with Crippen molar-refractivity contribution in [3.05, 3.63) is 107 Å². The van der Waals surface area contributed by atoms with Gasteiger partial charge in [0.1, 0.15) is 11.6 Å². The van der Waals surface area contributed by atoms with Gasteiger partial charge in [-0.3, -0.25) is 0 Å². The van der Waals surface area contributed by atoms with Crippen LogP contribution in [-0.2, 0) is 24.8 Å². The Morgan fingerprint density at radius 3 is 2.38 bits per heavy atom. The molecule has 4 aromatic carbocycles. The van der Waals surface area contributed by atoms with Gasteiger partial charge >= 0.3 is 5.97 Å². The topological polar surface area (TPSA) is 61.9 Å². The van der Waals surface area contributed by atoms with E-state index < -0.39 is 0 Å². The third-order valence-electron chi connectivity index (χ3n) is 7.57. The first-order valence-electron chi connectivity index (χ1n) is 13.7. The molecule has 6 rings (SSSR count). The van der Waals surface area contributed by atoms with Crippen molar-refractivity contribution in [3.63, 3.8) is 0 Å². The third-order valence-corrected chi connectivity index (χ3v) is 7.57. The van der Waals surface area contributed by atoms with Gasteiger partial charge < -0.3 is 13.9 Å². The van der Waals surface area contributed by atoms with E-state index >= 15 is 0 Å². The molecule has 0 aliphatic rings. The van der Waals surface area contributed by atoms with E-state index in [2.05, 4.69) is 78.6 Å². The summed E-state index contributed by atoms with van der Waals surface area (Å²) in [5, 5.41) is 0. The molecule has 0 bridgehead atoms. The number of aromatic nitrogens is 4. The van der Waals surface area contributed by atoms with E-state index in [1.807, 2.05) is 30.3 Å². The van der Waals surface area contributed by atoms with Gasteiger partial charge in [0.15, 0.2) is 0 Å². The van der Waals surface area contributed by atoms with Crippen molar-refractivity contribution in [2.75, 3.05) is 7.11 Å². The summed E-state index contributed by atoms with van der Waals surface area (Å²) in [6.07, 6.45) is 1.92. The van der Waals surface area contributed by atoms with Crippen LogP contribution in [0.2, 0.25) is 0 Å². The lowest BCUT2D eigenvalue weighted by molar-refractivity contribution is 0.0601. The molecule has 2 aromatic heterocycles.